The molecule has 28 heavy (non-hydrogen) atoms. The molecule has 0 bridgehead atoms. The molecule has 3 fully saturated rings. The molecule has 0 aromatic carbocycles. The van der Waals surface area contributed by atoms with Crippen LogP contribution in [0, 0.1) is 11.3 Å². The highest BCUT2D eigenvalue weighted by Gasteiger charge is 2.46. The van der Waals surface area contributed by atoms with Gasteiger partial charge in [0, 0.05) is 38.8 Å². The molecule has 2 aliphatic heterocycles. The van der Waals surface area contributed by atoms with Crippen LogP contribution in [-0.4, -0.2) is 74.4 Å². The highest BCUT2D eigenvalue weighted by Crippen LogP contribution is 2.44. The highest BCUT2D eigenvalue weighted by atomic mass is 32.2. The number of carbonyl (C=O) groups excluding carboxylic acids is 1. The summed E-state index contributed by atoms with van der Waals surface area (Å²) in [5, 5.41) is 0. The van der Waals surface area contributed by atoms with E-state index in [2.05, 4.69) is 9.62 Å². The van der Waals surface area contributed by atoms with Crippen LogP contribution in [0.15, 0.2) is 0 Å². The Morgan fingerprint density at radius 2 is 1.82 bits per heavy atom. The molecule has 2 heterocycles. The van der Waals surface area contributed by atoms with Crippen LogP contribution in [0.4, 0.5) is 4.79 Å². The number of sulfonamides is 1. The van der Waals surface area contributed by atoms with E-state index in [1.165, 1.54) is 0 Å². The van der Waals surface area contributed by atoms with Gasteiger partial charge in [-0.15, -0.1) is 0 Å². The number of ether oxygens (including phenoxy) is 1. The van der Waals surface area contributed by atoms with Gasteiger partial charge in [-0.25, -0.2) is 17.9 Å². The van der Waals surface area contributed by atoms with Gasteiger partial charge in [0.1, 0.15) is 5.60 Å². The first-order valence-corrected chi connectivity index (χ1v) is 12.3. The van der Waals surface area contributed by atoms with E-state index in [0.717, 1.165) is 64.8 Å². The van der Waals surface area contributed by atoms with E-state index in [1.807, 2.05) is 25.7 Å². The maximum Gasteiger partial charge on any atom is 0.410 e. The Morgan fingerprint density at radius 1 is 1.18 bits per heavy atom. The summed E-state index contributed by atoms with van der Waals surface area (Å²) in [6.45, 7) is 12.2. The fourth-order valence-electron chi connectivity index (χ4n) is 4.87. The summed E-state index contributed by atoms with van der Waals surface area (Å²) < 4.78 is 31.8. The van der Waals surface area contributed by atoms with Gasteiger partial charge in [0.15, 0.2) is 0 Å². The Bertz CT molecular complexity index is 657. The van der Waals surface area contributed by atoms with Gasteiger partial charge in [-0.05, 0) is 71.1 Å². The lowest BCUT2D eigenvalue weighted by atomic mass is 9.67. The van der Waals surface area contributed by atoms with E-state index in [1.54, 1.807) is 6.92 Å². The minimum absolute atomic E-state index is 0.113. The lowest BCUT2D eigenvalue weighted by molar-refractivity contribution is -0.0395. The molecule has 0 radical (unpaired) electrons. The van der Waals surface area contributed by atoms with E-state index in [9.17, 15) is 13.2 Å². The SMILES string of the molecule is CCS(=O)(=O)NC1CCC2(CC1)CN(C[C@H]1CCN(C(=O)OC(C)(C)C)C1)C2. The summed E-state index contributed by atoms with van der Waals surface area (Å²) in [6.07, 6.45) is 4.96. The van der Waals surface area contributed by atoms with E-state index >= 15 is 0 Å². The lowest BCUT2D eigenvalue weighted by Crippen LogP contribution is -2.59. The van der Waals surface area contributed by atoms with Crippen LogP contribution >= 0.6 is 0 Å². The van der Waals surface area contributed by atoms with Crippen molar-refractivity contribution in [3.63, 3.8) is 0 Å². The Balaban J connectivity index is 1.37. The van der Waals surface area contributed by atoms with Gasteiger partial charge >= 0.3 is 6.09 Å². The van der Waals surface area contributed by atoms with Crippen molar-refractivity contribution in [1.29, 1.82) is 0 Å². The summed E-state index contributed by atoms with van der Waals surface area (Å²) in [6, 6.07) is 0.113. The van der Waals surface area contributed by atoms with Crippen LogP contribution in [-0.2, 0) is 14.8 Å². The van der Waals surface area contributed by atoms with Crippen molar-refractivity contribution in [1.82, 2.24) is 14.5 Å². The van der Waals surface area contributed by atoms with Gasteiger partial charge in [0.05, 0.1) is 5.75 Å². The average Bonchev–Trinajstić information content (AvgIpc) is 3.02. The molecule has 1 N–H and O–H groups in total. The van der Waals surface area contributed by atoms with Crippen LogP contribution < -0.4 is 4.72 Å². The maximum absolute atomic E-state index is 12.2. The average molecular weight is 416 g/mol. The van der Waals surface area contributed by atoms with Crippen molar-refractivity contribution in [3.05, 3.63) is 0 Å². The Morgan fingerprint density at radius 3 is 2.39 bits per heavy atom. The zero-order valence-corrected chi connectivity index (χ0v) is 18.7. The largest absolute Gasteiger partial charge is 0.444 e. The Hall–Kier alpha value is -0.860. The third-order valence-electron chi connectivity index (χ3n) is 6.34. The van der Waals surface area contributed by atoms with Gasteiger partial charge < -0.3 is 14.5 Å². The molecule has 2 saturated heterocycles. The third kappa shape index (κ3) is 5.60. The zero-order valence-electron chi connectivity index (χ0n) is 17.9. The molecular weight excluding hydrogens is 378 g/mol. The van der Waals surface area contributed by atoms with Crippen LogP contribution in [0.1, 0.15) is 59.8 Å². The number of nitrogens with one attached hydrogen (secondary N) is 1. The second-order valence-electron chi connectivity index (χ2n) is 10.0. The van der Waals surface area contributed by atoms with E-state index in [4.69, 9.17) is 4.74 Å². The topological polar surface area (TPSA) is 79.0 Å². The molecule has 3 aliphatic rings. The summed E-state index contributed by atoms with van der Waals surface area (Å²) in [5.41, 5.74) is -0.0548. The van der Waals surface area contributed by atoms with Gasteiger partial charge in [0.25, 0.3) is 0 Å². The van der Waals surface area contributed by atoms with Crippen LogP contribution in [0.3, 0.4) is 0 Å². The molecule has 0 aromatic heterocycles. The fraction of sp³-hybridized carbons (Fsp3) is 0.950. The molecule has 1 aliphatic carbocycles. The van der Waals surface area contributed by atoms with E-state index < -0.39 is 15.6 Å². The molecule has 0 aromatic rings. The van der Waals surface area contributed by atoms with Gasteiger partial charge in [-0.3, -0.25) is 0 Å². The Kier molecular flexibility index (Phi) is 6.32. The minimum Gasteiger partial charge on any atom is -0.444 e. The number of carbonyl (C=O) groups is 1. The van der Waals surface area contributed by atoms with Crippen LogP contribution in [0.5, 0.6) is 0 Å². The van der Waals surface area contributed by atoms with Crippen molar-refractivity contribution in [2.45, 2.75) is 71.4 Å². The second-order valence-corrected chi connectivity index (χ2v) is 12.1. The number of amides is 1. The highest BCUT2D eigenvalue weighted by molar-refractivity contribution is 7.89. The van der Waals surface area contributed by atoms with Crippen molar-refractivity contribution in [2.24, 2.45) is 11.3 Å². The lowest BCUT2D eigenvalue weighted by Gasteiger charge is -2.54. The monoisotopic (exact) mass is 415 g/mol. The predicted octanol–water partition coefficient (Wildman–Crippen LogP) is 2.43. The summed E-state index contributed by atoms with van der Waals surface area (Å²) in [7, 11) is -3.10. The molecule has 162 valence electrons. The Labute approximate surface area is 170 Å². The smallest absolute Gasteiger partial charge is 0.410 e. The molecule has 1 amide bonds. The van der Waals surface area contributed by atoms with Gasteiger partial charge in [-0.2, -0.15) is 0 Å². The molecule has 3 rings (SSSR count). The summed E-state index contributed by atoms with van der Waals surface area (Å²) >= 11 is 0. The number of likely N-dealkylation sites (tertiary alicyclic amines) is 2. The number of hydrogen-bond acceptors (Lipinski definition) is 5. The quantitative estimate of drug-likeness (QED) is 0.746. The third-order valence-corrected chi connectivity index (χ3v) is 7.80. The van der Waals surface area contributed by atoms with E-state index in [-0.39, 0.29) is 17.9 Å². The van der Waals surface area contributed by atoms with E-state index in [0.29, 0.717) is 11.3 Å². The molecule has 0 unspecified atom stereocenters. The first-order chi connectivity index (χ1) is 13.0. The normalized spacial score (nSPS) is 26.4. The maximum atomic E-state index is 12.2. The van der Waals surface area contributed by atoms with Crippen molar-refractivity contribution in [3.8, 4) is 0 Å². The molecule has 1 saturated carbocycles. The van der Waals surface area contributed by atoms with Crippen LogP contribution in [0.2, 0.25) is 0 Å². The molecule has 8 heteroatoms. The minimum atomic E-state index is -3.10. The van der Waals surface area contributed by atoms with Crippen LogP contribution in [0.25, 0.3) is 0 Å². The second kappa shape index (κ2) is 8.11. The standard InChI is InChI=1S/C20H37N3O4S/c1-5-28(25,26)21-17-6-9-20(10-7-17)14-22(15-20)12-16-8-11-23(13-16)18(24)27-19(2,3)4/h16-17,21H,5-15H2,1-4H3/t16-/m1/s1. The number of rotatable bonds is 5. The zero-order chi connectivity index (χ0) is 20.6. The van der Waals surface area contributed by atoms with Crippen molar-refractivity contribution in [2.75, 3.05) is 38.5 Å². The number of nitrogens with zero attached hydrogens (tertiary/aromatic N) is 2. The summed E-state index contributed by atoms with van der Waals surface area (Å²) in [4.78, 5) is 16.6. The fourth-order valence-corrected chi connectivity index (χ4v) is 5.78. The first kappa shape index (κ1) is 21.8. The molecule has 7 nitrogen and oxygen atoms in total. The van der Waals surface area contributed by atoms with Gasteiger partial charge in [0.2, 0.25) is 10.0 Å². The molecule has 1 spiro atoms. The van der Waals surface area contributed by atoms with Gasteiger partial charge in [-0.1, -0.05) is 0 Å². The summed E-state index contributed by atoms with van der Waals surface area (Å²) in [5.74, 6) is 0.682. The molecule has 1 atom stereocenters. The number of hydrogen-bond donors (Lipinski definition) is 1. The first-order valence-electron chi connectivity index (χ1n) is 10.7. The molecular formula is C20H37N3O4S. The van der Waals surface area contributed by atoms with Crippen molar-refractivity contribution >= 4 is 16.1 Å². The predicted molar refractivity (Wildman–Crippen MR) is 110 cm³/mol. The van der Waals surface area contributed by atoms with Crippen molar-refractivity contribution < 1.29 is 17.9 Å².